The molecule has 3 N–H and O–H groups in total. The molecule has 0 aliphatic heterocycles. The van der Waals surface area contributed by atoms with Crippen molar-refractivity contribution >= 4 is 17.6 Å². The van der Waals surface area contributed by atoms with Crippen LogP contribution >= 0.6 is 0 Å². The van der Waals surface area contributed by atoms with Crippen LogP contribution in [0.25, 0.3) is 0 Å². The van der Waals surface area contributed by atoms with Crippen molar-refractivity contribution < 1.29 is 19.4 Å². The maximum atomic E-state index is 13.4. The van der Waals surface area contributed by atoms with Gasteiger partial charge in [-0.05, 0) is 29.2 Å². The third-order valence-electron chi connectivity index (χ3n) is 4.95. The summed E-state index contributed by atoms with van der Waals surface area (Å²) in [4.78, 5) is 25.8. The topological polar surface area (TPSA) is 87.7 Å². The number of methoxy groups -OCH3 is 1. The van der Waals surface area contributed by atoms with E-state index in [4.69, 9.17) is 11.2 Å². The number of rotatable bonds is 7. The Bertz CT molecular complexity index is 1090. The molecule has 0 radical (unpaired) electrons. The van der Waals surface area contributed by atoms with Crippen molar-refractivity contribution in [1.29, 1.82) is 0 Å². The number of ether oxygens (including phenoxy) is 1. The van der Waals surface area contributed by atoms with Gasteiger partial charge < -0.3 is 20.5 Å². The van der Waals surface area contributed by atoms with Gasteiger partial charge in [-0.15, -0.1) is 6.42 Å². The summed E-state index contributed by atoms with van der Waals surface area (Å²) in [6.07, 6.45) is 5.34. The van der Waals surface area contributed by atoms with Crippen LogP contribution in [-0.4, -0.2) is 24.1 Å². The molecule has 0 aliphatic carbocycles. The van der Waals surface area contributed by atoms with Crippen molar-refractivity contribution in [1.82, 2.24) is 5.32 Å². The van der Waals surface area contributed by atoms with Crippen LogP contribution in [0.2, 0.25) is 0 Å². The van der Waals surface area contributed by atoms with Crippen LogP contribution in [0.15, 0.2) is 84.9 Å². The van der Waals surface area contributed by atoms with Gasteiger partial charge in [0.25, 0.3) is 5.91 Å². The monoisotopic (exact) mass is 414 g/mol. The van der Waals surface area contributed by atoms with Crippen LogP contribution in [0.1, 0.15) is 17.2 Å². The second-order valence-electron chi connectivity index (χ2n) is 6.77. The van der Waals surface area contributed by atoms with E-state index in [1.54, 1.807) is 60.7 Å². The van der Waals surface area contributed by atoms with Crippen LogP contribution in [0.3, 0.4) is 0 Å². The Kier molecular flexibility index (Phi) is 6.58. The van der Waals surface area contributed by atoms with Gasteiger partial charge in [-0.2, -0.15) is 0 Å². The lowest BCUT2D eigenvalue weighted by molar-refractivity contribution is -0.152. The van der Waals surface area contributed by atoms with Gasteiger partial charge in [-0.25, -0.2) is 4.79 Å². The molecule has 3 aromatic carbocycles. The van der Waals surface area contributed by atoms with E-state index in [1.807, 2.05) is 24.1 Å². The first-order chi connectivity index (χ1) is 15.0. The van der Waals surface area contributed by atoms with E-state index < -0.39 is 23.5 Å². The number of hydrogen-bond donors (Lipinski definition) is 3. The lowest BCUT2D eigenvalue weighted by Crippen LogP contribution is -2.58. The molecule has 6 nitrogen and oxygen atoms in total. The number of hydrogen-bond acceptors (Lipinski definition) is 5. The van der Waals surface area contributed by atoms with Crippen LogP contribution in [0, 0.1) is 12.3 Å². The van der Waals surface area contributed by atoms with Gasteiger partial charge in [-0.3, -0.25) is 4.79 Å². The number of carbonyl (C=O) groups is 2. The maximum absolute atomic E-state index is 13.4. The molecule has 0 spiro atoms. The Morgan fingerprint density at radius 1 is 0.968 bits per heavy atom. The number of amides is 1. The Labute approximate surface area is 180 Å². The first kappa shape index (κ1) is 21.5. The molecule has 3 rings (SSSR count). The zero-order chi connectivity index (χ0) is 22.3. The highest BCUT2D eigenvalue weighted by molar-refractivity contribution is 5.98. The lowest BCUT2D eigenvalue weighted by atomic mass is 9.78. The minimum Gasteiger partial charge on any atom is -0.506 e. The SMILES string of the molecule is C#CC(=O)N[C@@](C(=O)OC)(c1ccccc1)[C@@H](Nc1ccccc1O)c1ccccc1. The van der Waals surface area contributed by atoms with Crippen LogP contribution in [0.4, 0.5) is 5.69 Å². The quantitative estimate of drug-likeness (QED) is 0.314. The fourth-order valence-corrected chi connectivity index (χ4v) is 3.51. The van der Waals surface area contributed by atoms with E-state index in [0.29, 0.717) is 16.8 Å². The predicted octanol–water partition coefficient (Wildman–Crippen LogP) is 3.36. The molecule has 156 valence electrons. The molecule has 0 aliphatic rings. The first-order valence-electron chi connectivity index (χ1n) is 9.55. The van der Waals surface area contributed by atoms with Crippen molar-refractivity contribution in [3.63, 3.8) is 0 Å². The Morgan fingerprint density at radius 3 is 2.13 bits per heavy atom. The molecule has 1 amide bonds. The van der Waals surface area contributed by atoms with Gasteiger partial charge in [0.1, 0.15) is 5.75 Å². The summed E-state index contributed by atoms with van der Waals surface area (Å²) in [5, 5.41) is 16.3. The number of phenolic OH excluding ortho intramolecular Hbond substituents is 1. The average Bonchev–Trinajstić information content (AvgIpc) is 2.82. The molecule has 0 bridgehead atoms. The van der Waals surface area contributed by atoms with E-state index in [-0.39, 0.29) is 5.75 Å². The normalized spacial score (nSPS) is 13.2. The number of aromatic hydroxyl groups is 1. The summed E-state index contributed by atoms with van der Waals surface area (Å²) in [7, 11) is 1.24. The predicted molar refractivity (Wildman–Crippen MR) is 118 cm³/mol. The number of esters is 1. The Hall–Kier alpha value is -4.24. The van der Waals surface area contributed by atoms with E-state index in [9.17, 15) is 14.7 Å². The average molecular weight is 414 g/mol. The molecule has 0 aromatic heterocycles. The highest BCUT2D eigenvalue weighted by Crippen LogP contribution is 2.40. The van der Waals surface area contributed by atoms with E-state index >= 15 is 0 Å². The van der Waals surface area contributed by atoms with Gasteiger partial charge in [0.15, 0.2) is 5.54 Å². The molecular formula is C25H22N2O4. The van der Waals surface area contributed by atoms with Gasteiger partial charge >= 0.3 is 5.97 Å². The number of anilines is 1. The van der Waals surface area contributed by atoms with Crippen molar-refractivity contribution in [2.75, 3.05) is 12.4 Å². The first-order valence-corrected chi connectivity index (χ1v) is 9.55. The molecule has 0 unspecified atom stereocenters. The smallest absolute Gasteiger partial charge is 0.338 e. The van der Waals surface area contributed by atoms with E-state index in [0.717, 1.165) is 0 Å². The number of benzene rings is 3. The number of carbonyl (C=O) groups excluding carboxylic acids is 2. The summed E-state index contributed by atoms with van der Waals surface area (Å²) in [6, 6.07) is 23.5. The third-order valence-corrected chi connectivity index (χ3v) is 4.95. The van der Waals surface area contributed by atoms with Gasteiger partial charge in [0.2, 0.25) is 0 Å². The summed E-state index contributed by atoms with van der Waals surface area (Å²) in [5.74, 6) is 0.494. The number of terminal acetylenes is 1. The minimum atomic E-state index is -1.73. The number of phenols is 1. The van der Waals surface area contributed by atoms with Crippen molar-refractivity contribution in [2.45, 2.75) is 11.6 Å². The van der Waals surface area contributed by atoms with Gasteiger partial charge in [-0.1, -0.05) is 72.8 Å². The second-order valence-corrected chi connectivity index (χ2v) is 6.77. The number of nitrogens with one attached hydrogen (secondary N) is 2. The van der Waals surface area contributed by atoms with Crippen molar-refractivity contribution in [2.24, 2.45) is 0 Å². The molecule has 31 heavy (non-hydrogen) atoms. The maximum Gasteiger partial charge on any atom is 0.338 e. The highest BCUT2D eigenvalue weighted by atomic mass is 16.5. The van der Waals surface area contributed by atoms with Crippen LogP contribution < -0.4 is 10.6 Å². The zero-order valence-corrected chi connectivity index (χ0v) is 16.9. The zero-order valence-electron chi connectivity index (χ0n) is 16.9. The molecule has 3 aromatic rings. The Balaban J connectivity index is 2.30. The molecule has 0 fully saturated rings. The van der Waals surface area contributed by atoms with Crippen molar-refractivity contribution in [3.05, 3.63) is 96.1 Å². The van der Waals surface area contributed by atoms with Crippen LogP contribution in [-0.2, 0) is 19.9 Å². The van der Waals surface area contributed by atoms with Crippen molar-refractivity contribution in [3.8, 4) is 18.1 Å². The molecule has 0 saturated carbocycles. The highest BCUT2D eigenvalue weighted by Gasteiger charge is 2.51. The molecule has 2 atom stereocenters. The van der Waals surface area contributed by atoms with E-state index in [1.165, 1.54) is 13.2 Å². The standard InChI is InChI=1S/C25H22N2O4/c1-3-22(29)27-25(24(30)31-2,19-14-8-5-9-15-19)23(18-12-6-4-7-13-18)26-20-16-10-11-17-21(20)28/h1,4-17,23,26,28H,2H3,(H,27,29)/t23-,25-/m0/s1. The summed E-state index contributed by atoms with van der Waals surface area (Å²) >= 11 is 0. The second kappa shape index (κ2) is 9.51. The molecule has 6 heteroatoms. The molecular weight excluding hydrogens is 392 g/mol. The fourth-order valence-electron chi connectivity index (χ4n) is 3.51. The summed E-state index contributed by atoms with van der Waals surface area (Å²) < 4.78 is 5.16. The molecule has 0 heterocycles. The fraction of sp³-hybridized carbons (Fsp3) is 0.120. The van der Waals surface area contributed by atoms with Gasteiger partial charge in [0.05, 0.1) is 18.8 Å². The number of para-hydroxylation sites is 2. The van der Waals surface area contributed by atoms with E-state index in [2.05, 4.69) is 10.6 Å². The minimum absolute atomic E-state index is 0.0152. The third kappa shape index (κ3) is 4.36. The lowest BCUT2D eigenvalue weighted by Gasteiger charge is -2.40. The summed E-state index contributed by atoms with van der Waals surface area (Å²) in [5.41, 5.74) is -0.238. The molecule has 0 saturated heterocycles. The van der Waals surface area contributed by atoms with Gasteiger partial charge in [0, 0.05) is 0 Å². The summed E-state index contributed by atoms with van der Waals surface area (Å²) in [6.45, 7) is 0. The Morgan fingerprint density at radius 2 is 1.55 bits per heavy atom. The largest absolute Gasteiger partial charge is 0.506 e. The van der Waals surface area contributed by atoms with Crippen LogP contribution in [0.5, 0.6) is 5.75 Å².